The van der Waals surface area contributed by atoms with E-state index in [1.165, 1.54) is 29.7 Å². The molecule has 3 N–H and O–H groups in total. The van der Waals surface area contributed by atoms with Crippen LogP contribution in [0.2, 0.25) is 0 Å². The number of nitrogens with one attached hydrogen (secondary N) is 1. The molecule has 1 aliphatic carbocycles. The van der Waals surface area contributed by atoms with Crippen LogP contribution in [-0.2, 0) is 21.6 Å². The number of hydrogen-bond donors (Lipinski definition) is 2. The maximum atomic E-state index is 12.8. The van der Waals surface area contributed by atoms with E-state index in [1.807, 2.05) is 6.92 Å². The van der Waals surface area contributed by atoms with E-state index in [0.29, 0.717) is 12.6 Å². The molecule has 1 spiro atoms. The van der Waals surface area contributed by atoms with Crippen LogP contribution in [0.5, 0.6) is 0 Å². The molecule has 154 valence electrons. The molecular weight excluding hydrogens is 374 g/mol. The third kappa shape index (κ3) is 3.84. The summed E-state index contributed by atoms with van der Waals surface area (Å²) in [7, 11) is 0. The van der Waals surface area contributed by atoms with Crippen molar-refractivity contribution in [1.82, 2.24) is 10.2 Å². The third-order valence-corrected chi connectivity index (χ3v) is 7.93. The zero-order valence-electron chi connectivity index (χ0n) is 16.7. The highest BCUT2D eigenvalue weighted by Crippen LogP contribution is 2.44. The summed E-state index contributed by atoms with van der Waals surface area (Å²) in [5.74, 6) is -0.209. The first-order chi connectivity index (χ1) is 13.5. The number of nitrogens with two attached hydrogens (primary N) is 1. The molecule has 2 aliphatic heterocycles. The fourth-order valence-electron chi connectivity index (χ4n) is 4.90. The van der Waals surface area contributed by atoms with Crippen LogP contribution in [0.1, 0.15) is 72.0 Å². The van der Waals surface area contributed by atoms with Crippen molar-refractivity contribution in [3.8, 4) is 0 Å². The summed E-state index contributed by atoms with van der Waals surface area (Å²) >= 11 is 1.63. The van der Waals surface area contributed by atoms with Gasteiger partial charge >= 0.3 is 0 Å². The second kappa shape index (κ2) is 8.13. The lowest BCUT2D eigenvalue weighted by molar-refractivity contribution is -0.128. The van der Waals surface area contributed by atoms with Crippen LogP contribution in [0, 0.1) is 0 Å². The molecule has 4 rings (SSSR count). The van der Waals surface area contributed by atoms with E-state index >= 15 is 0 Å². The Hall–Kier alpha value is -1.44. The Morgan fingerprint density at radius 1 is 1.29 bits per heavy atom. The molecule has 1 saturated heterocycles. The number of likely N-dealkylation sites (tertiary alicyclic amines) is 1. The van der Waals surface area contributed by atoms with Gasteiger partial charge in [0.05, 0.1) is 23.1 Å². The number of fused-ring (bicyclic) bond motifs is 2. The van der Waals surface area contributed by atoms with Crippen LogP contribution in [0.4, 0.5) is 0 Å². The molecule has 1 aromatic heterocycles. The number of nitrogens with zero attached hydrogens (tertiary/aromatic N) is 1. The van der Waals surface area contributed by atoms with Gasteiger partial charge in [0.25, 0.3) is 5.91 Å². The van der Waals surface area contributed by atoms with E-state index in [-0.39, 0.29) is 23.5 Å². The summed E-state index contributed by atoms with van der Waals surface area (Å²) in [6, 6.07) is 2.15. The summed E-state index contributed by atoms with van der Waals surface area (Å²) < 4.78 is 6.30. The molecule has 28 heavy (non-hydrogen) atoms. The van der Waals surface area contributed by atoms with Gasteiger partial charge in [-0.25, -0.2) is 0 Å². The fourth-order valence-corrected chi connectivity index (χ4v) is 6.03. The average Bonchev–Trinajstić information content (AvgIpc) is 3.15. The lowest BCUT2D eigenvalue weighted by Gasteiger charge is -2.45. The SMILES string of the molecule is CC(C(N)=O)N1CCC2(CC1)OCCc1sc(C(=O)NC3CCCCC3)cc12. The number of ether oxygens (including phenoxy) is 1. The summed E-state index contributed by atoms with van der Waals surface area (Å²) in [6.07, 6.45) is 8.43. The van der Waals surface area contributed by atoms with Crippen LogP contribution in [0.25, 0.3) is 0 Å². The van der Waals surface area contributed by atoms with Gasteiger partial charge in [-0.05, 0) is 44.2 Å². The molecule has 6 nitrogen and oxygen atoms in total. The smallest absolute Gasteiger partial charge is 0.261 e. The molecule has 1 aromatic rings. The lowest BCUT2D eigenvalue weighted by Crippen LogP contribution is -2.51. The molecule has 0 radical (unpaired) electrons. The Labute approximate surface area is 170 Å². The van der Waals surface area contributed by atoms with Gasteiger partial charge in [0.15, 0.2) is 0 Å². The molecular formula is C21H31N3O3S. The minimum atomic E-state index is -0.318. The summed E-state index contributed by atoms with van der Waals surface area (Å²) in [5.41, 5.74) is 6.35. The van der Waals surface area contributed by atoms with Crippen molar-refractivity contribution in [3.63, 3.8) is 0 Å². The Balaban J connectivity index is 1.48. The molecule has 1 saturated carbocycles. The van der Waals surface area contributed by atoms with Gasteiger partial charge in [-0.3, -0.25) is 14.5 Å². The van der Waals surface area contributed by atoms with Crippen LogP contribution in [-0.4, -0.2) is 48.5 Å². The molecule has 2 amide bonds. The highest BCUT2D eigenvalue weighted by Gasteiger charge is 2.43. The van der Waals surface area contributed by atoms with E-state index in [9.17, 15) is 9.59 Å². The second-order valence-electron chi connectivity index (χ2n) is 8.46. The number of carbonyl (C=O) groups excluding carboxylic acids is 2. The van der Waals surface area contributed by atoms with Gasteiger partial charge in [0.1, 0.15) is 0 Å². The maximum absolute atomic E-state index is 12.8. The second-order valence-corrected chi connectivity index (χ2v) is 9.60. The van der Waals surface area contributed by atoms with Gasteiger partial charge in [-0.2, -0.15) is 0 Å². The van der Waals surface area contributed by atoms with Crippen molar-refractivity contribution in [3.05, 3.63) is 21.4 Å². The number of hydrogen-bond acceptors (Lipinski definition) is 5. The minimum Gasteiger partial charge on any atom is -0.370 e. The van der Waals surface area contributed by atoms with Crippen LogP contribution >= 0.6 is 11.3 Å². The summed E-state index contributed by atoms with van der Waals surface area (Å²) in [5, 5.41) is 3.24. The molecule has 3 heterocycles. The number of primary amides is 1. The summed E-state index contributed by atoms with van der Waals surface area (Å²) in [6.45, 7) is 4.13. The van der Waals surface area contributed by atoms with Crippen molar-refractivity contribution < 1.29 is 14.3 Å². The quantitative estimate of drug-likeness (QED) is 0.806. The van der Waals surface area contributed by atoms with Crippen molar-refractivity contribution in [2.24, 2.45) is 5.73 Å². The first kappa shape index (κ1) is 19.9. The zero-order valence-corrected chi connectivity index (χ0v) is 17.5. The van der Waals surface area contributed by atoms with Crippen LogP contribution in [0.15, 0.2) is 6.07 Å². The first-order valence-electron chi connectivity index (χ1n) is 10.6. The molecule has 3 aliphatic rings. The first-order valence-corrected chi connectivity index (χ1v) is 11.4. The highest BCUT2D eigenvalue weighted by molar-refractivity contribution is 7.14. The van der Waals surface area contributed by atoms with E-state index < -0.39 is 0 Å². The lowest BCUT2D eigenvalue weighted by atomic mass is 9.82. The predicted octanol–water partition coefficient (Wildman–Crippen LogP) is 2.55. The van der Waals surface area contributed by atoms with E-state index in [1.54, 1.807) is 11.3 Å². The largest absolute Gasteiger partial charge is 0.370 e. The molecule has 0 aromatic carbocycles. The average molecular weight is 406 g/mol. The zero-order chi connectivity index (χ0) is 19.7. The van der Waals surface area contributed by atoms with Crippen LogP contribution in [0.3, 0.4) is 0 Å². The molecule has 1 atom stereocenters. The van der Waals surface area contributed by atoms with Gasteiger partial charge in [0, 0.05) is 30.4 Å². The van der Waals surface area contributed by atoms with Crippen molar-refractivity contribution >= 4 is 23.2 Å². The standard InChI is InChI=1S/C21H31N3O3S/c1-14(19(22)25)24-10-8-21(9-11-24)16-13-18(28-17(16)7-12-27-21)20(26)23-15-5-3-2-4-6-15/h13-15H,2-12H2,1H3,(H2,22,25)(H,23,26). The topological polar surface area (TPSA) is 84.7 Å². The molecule has 1 unspecified atom stereocenters. The predicted molar refractivity (Wildman–Crippen MR) is 109 cm³/mol. The number of amides is 2. The van der Waals surface area contributed by atoms with Gasteiger partial charge in [-0.1, -0.05) is 19.3 Å². The van der Waals surface area contributed by atoms with Gasteiger partial charge in [-0.15, -0.1) is 11.3 Å². The van der Waals surface area contributed by atoms with Crippen molar-refractivity contribution in [2.75, 3.05) is 19.7 Å². The van der Waals surface area contributed by atoms with Crippen molar-refractivity contribution in [1.29, 1.82) is 0 Å². The third-order valence-electron chi connectivity index (χ3n) is 6.74. The van der Waals surface area contributed by atoms with E-state index in [0.717, 1.165) is 50.1 Å². The van der Waals surface area contributed by atoms with Gasteiger partial charge in [0.2, 0.25) is 5.91 Å². The highest BCUT2D eigenvalue weighted by atomic mass is 32.1. The number of piperidine rings is 1. The fraction of sp³-hybridized carbons (Fsp3) is 0.714. The minimum absolute atomic E-state index is 0.0706. The maximum Gasteiger partial charge on any atom is 0.261 e. The monoisotopic (exact) mass is 405 g/mol. The Bertz CT molecular complexity index is 733. The number of carbonyl (C=O) groups is 2. The number of rotatable bonds is 4. The van der Waals surface area contributed by atoms with Crippen molar-refractivity contribution in [2.45, 2.75) is 76.0 Å². The van der Waals surface area contributed by atoms with Gasteiger partial charge < -0.3 is 15.8 Å². The van der Waals surface area contributed by atoms with E-state index in [4.69, 9.17) is 10.5 Å². The Morgan fingerprint density at radius 2 is 2.00 bits per heavy atom. The summed E-state index contributed by atoms with van der Waals surface area (Å²) in [4.78, 5) is 28.6. The molecule has 7 heteroatoms. The molecule has 2 fully saturated rings. The Morgan fingerprint density at radius 3 is 2.68 bits per heavy atom. The van der Waals surface area contributed by atoms with Crippen LogP contribution < -0.4 is 11.1 Å². The van der Waals surface area contributed by atoms with E-state index in [2.05, 4.69) is 16.3 Å². The normalized spacial score (nSPS) is 23.9. The number of thiophene rings is 1. The Kier molecular flexibility index (Phi) is 5.76. The molecule has 0 bridgehead atoms.